The van der Waals surface area contributed by atoms with Crippen LogP contribution < -0.4 is 15.8 Å². The molecule has 2 aliphatic rings. The molecule has 3 rings (SSSR count). The van der Waals surface area contributed by atoms with Crippen LogP contribution in [0.5, 0.6) is 0 Å². The number of hydrogen-bond acceptors (Lipinski definition) is 4. The number of benzene rings is 1. The first-order valence-electron chi connectivity index (χ1n) is 7.15. The van der Waals surface area contributed by atoms with Crippen LogP contribution in [0.1, 0.15) is 32.1 Å². The lowest BCUT2D eigenvalue weighted by atomic mass is 9.91. The molecule has 0 radical (unpaired) electrons. The Labute approximate surface area is 120 Å². The summed E-state index contributed by atoms with van der Waals surface area (Å²) in [4.78, 5) is 2.43. The molecular formula is C14H21N3O2S. The largest absolute Gasteiger partial charge is 0.399 e. The van der Waals surface area contributed by atoms with Crippen molar-refractivity contribution in [1.29, 1.82) is 0 Å². The summed E-state index contributed by atoms with van der Waals surface area (Å²) in [5, 5.41) is 5.23. The molecule has 2 unspecified atom stereocenters. The standard InChI is InChI=1S/C14H21N3O2S/c15-11-7-12(9-13(8-11)20(16,18)19)17-6-2-4-10-3-1-5-14(10)17/h7-10,14H,1-6,15H2,(H2,16,18,19). The van der Waals surface area contributed by atoms with Gasteiger partial charge in [0.1, 0.15) is 0 Å². The number of nitrogens with zero attached hydrogens (tertiary/aromatic N) is 1. The second-order valence-corrected chi connectivity index (χ2v) is 7.46. The molecular weight excluding hydrogens is 274 g/mol. The summed E-state index contributed by atoms with van der Waals surface area (Å²) in [5.41, 5.74) is 7.20. The van der Waals surface area contributed by atoms with Gasteiger partial charge in [0.25, 0.3) is 0 Å². The molecule has 0 amide bonds. The van der Waals surface area contributed by atoms with Gasteiger partial charge in [-0.25, -0.2) is 13.6 Å². The van der Waals surface area contributed by atoms with Crippen molar-refractivity contribution in [3.8, 4) is 0 Å². The summed E-state index contributed by atoms with van der Waals surface area (Å²) in [6.07, 6.45) is 6.16. The Morgan fingerprint density at radius 1 is 1.10 bits per heavy atom. The number of sulfonamides is 1. The zero-order valence-electron chi connectivity index (χ0n) is 11.5. The highest BCUT2D eigenvalue weighted by molar-refractivity contribution is 7.89. The van der Waals surface area contributed by atoms with Gasteiger partial charge < -0.3 is 10.6 Å². The topological polar surface area (TPSA) is 89.4 Å². The van der Waals surface area contributed by atoms with E-state index in [0.717, 1.165) is 24.6 Å². The number of primary sulfonamides is 1. The highest BCUT2D eigenvalue weighted by atomic mass is 32.2. The van der Waals surface area contributed by atoms with Crippen LogP contribution in [0.2, 0.25) is 0 Å². The molecule has 4 N–H and O–H groups in total. The van der Waals surface area contributed by atoms with Crippen LogP contribution in [0.15, 0.2) is 23.1 Å². The van der Waals surface area contributed by atoms with Gasteiger partial charge in [-0.15, -0.1) is 0 Å². The molecule has 1 aliphatic carbocycles. The predicted octanol–water partition coefficient (Wildman–Crippen LogP) is 1.69. The van der Waals surface area contributed by atoms with Gasteiger partial charge in [-0.05, 0) is 49.8 Å². The molecule has 1 aromatic carbocycles. The minimum absolute atomic E-state index is 0.104. The second-order valence-electron chi connectivity index (χ2n) is 5.90. The third-order valence-corrected chi connectivity index (χ3v) is 5.46. The average molecular weight is 295 g/mol. The minimum Gasteiger partial charge on any atom is -0.399 e. The maximum atomic E-state index is 11.6. The fourth-order valence-electron chi connectivity index (χ4n) is 3.71. The Bertz CT molecular complexity index is 615. The lowest BCUT2D eigenvalue weighted by molar-refractivity contribution is 0.362. The maximum absolute atomic E-state index is 11.6. The Balaban J connectivity index is 1.99. The van der Waals surface area contributed by atoms with Gasteiger partial charge in [0.2, 0.25) is 10.0 Å². The molecule has 2 fully saturated rings. The molecule has 0 bridgehead atoms. The third-order valence-electron chi connectivity index (χ3n) is 4.57. The van der Waals surface area contributed by atoms with Gasteiger partial charge in [-0.2, -0.15) is 0 Å². The average Bonchev–Trinajstić information content (AvgIpc) is 2.84. The first kappa shape index (κ1) is 13.7. The van der Waals surface area contributed by atoms with Crippen molar-refractivity contribution in [2.75, 3.05) is 17.2 Å². The van der Waals surface area contributed by atoms with Gasteiger partial charge in [-0.1, -0.05) is 6.42 Å². The SMILES string of the molecule is Nc1cc(N2CCCC3CCCC32)cc(S(N)(=O)=O)c1. The summed E-state index contributed by atoms with van der Waals surface area (Å²) in [6, 6.07) is 5.47. The first-order valence-corrected chi connectivity index (χ1v) is 8.70. The Morgan fingerprint density at radius 2 is 1.85 bits per heavy atom. The summed E-state index contributed by atoms with van der Waals surface area (Å²) in [7, 11) is -3.72. The lowest BCUT2D eigenvalue weighted by Gasteiger charge is -2.39. The molecule has 1 heterocycles. The van der Waals surface area contributed by atoms with Crippen LogP contribution >= 0.6 is 0 Å². The van der Waals surface area contributed by atoms with Crippen molar-refractivity contribution >= 4 is 21.4 Å². The van der Waals surface area contributed by atoms with Crippen molar-refractivity contribution in [3.05, 3.63) is 18.2 Å². The molecule has 0 aromatic heterocycles. The zero-order chi connectivity index (χ0) is 14.3. The van der Waals surface area contributed by atoms with E-state index in [1.54, 1.807) is 6.07 Å². The van der Waals surface area contributed by atoms with Crippen LogP contribution in [0.3, 0.4) is 0 Å². The summed E-state index contributed by atoms with van der Waals surface area (Å²) in [5.74, 6) is 0.739. The Kier molecular flexibility index (Phi) is 3.38. The van der Waals surface area contributed by atoms with E-state index in [-0.39, 0.29) is 4.90 Å². The Morgan fingerprint density at radius 3 is 2.60 bits per heavy atom. The lowest BCUT2D eigenvalue weighted by Crippen LogP contribution is -2.42. The van der Waals surface area contributed by atoms with Gasteiger partial charge in [0.15, 0.2) is 0 Å². The molecule has 20 heavy (non-hydrogen) atoms. The molecule has 1 aromatic rings. The molecule has 1 saturated carbocycles. The van der Waals surface area contributed by atoms with Crippen LogP contribution in [0, 0.1) is 5.92 Å². The number of hydrogen-bond donors (Lipinski definition) is 2. The van der Waals surface area contributed by atoms with Gasteiger partial charge >= 0.3 is 0 Å². The number of nitrogens with two attached hydrogens (primary N) is 2. The summed E-state index contributed by atoms with van der Waals surface area (Å²) < 4.78 is 23.1. The van der Waals surface area contributed by atoms with Crippen molar-refractivity contribution in [3.63, 3.8) is 0 Å². The number of piperidine rings is 1. The zero-order valence-corrected chi connectivity index (χ0v) is 12.3. The van der Waals surface area contributed by atoms with Crippen LogP contribution in [-0.4, -0.2) is 21.0 Å². The fraction of sp³-hybridized carbons (Fsp3) is 0.571. The summed E-state index contributed by atoms with van der Waals surface area (Å²) >= 11 is 0. The van der Waals surface area contributed by atoms with Crippen LogP contribution in [0.25, 0.3) is 0 Å². The number of fused-ring (bicyclic) bond motifs is 1. The van der Waals surface area contributed by atoms with E-state index in [4.69, 9.17) is 10.9 Å². The maximum Gasteiger partial charge on any atom is 0.238 e. The normalized spacial score (nSPS) is 26.6. The van der Waals surface area contributed by atoms with Crippen molar-refractivity contribution < 1.29 is 8.42 Å². The fourth-order valence-corrected chi connectivity index (χ4v) is 4.30. The smallest absolute Gasteiger partial charge is 0.238 e. The van der Waals surface area contributed by atoms with E-state index >= 15 is 0 Å². The minimum atomic E-state index is -3.72. The van der Waals surface area contributed by atoms with Gasteiger partial charge in [0.05, 0.1) is 4.90 Å². The van der Waals surface area contributed by atoms with E-state index in [2.05, 4.69) is 4.90 Å². The van der Waals surface area contributed by atoms with E-state index < -0.39 is 10.0 Å². The van der Waals surface area contributed by atoms with Gasteiger partial charge in [-0.3, -0.25) is 0 Å². The predicted molar refractivity (Wildman–Crippen MR) is 79.9 cm³/mol. The highest BCUT2D eigenvalue weighted by Gasteiger charge is 2.35. The van der Waals surface area contributed by atoms with E-state index in [1.807, 2.05) is 6.07 Å². The number of rotatable bonds is 2. The number of nitrogen functional groups attached to an aromatic ring is 1. The van der Waals surface area contributed by atoms with E-state index in [0.29, 0.717) is 11.7 Å². The van der Waals surface area contributed by atoms with Crippen molar-refractivity contribution in [2.24, 2.45) is 11.1 Å². The molecule has 1 aliphatic heterocycles. The Hall–Kier alpha value is -1.27. The van der Waals surface area contributed by atoms with Crippen molar-refractivity contribution in [1.82, 2.24) is 0 Å². The molecule has 1 saturated heterocycles. The molecule has 110 valence electrons. The molecule has 2 atom stereocenters. The summed E-state index contributed by atoms with van der Waals surface area (Å²) in [6.45, 7) is 0.967. The van der Waals surface area contributed by atoms with E-state index in [9.17, 15) is 8.42 Å². The quantitative estimate of drug-likeness (QED) is 0.812. The highest BCUT2D eigenvalue weighted by Crippen LogP contribution is 2.39. The van der Waals surface area contributed by atoms with Gasteiger partial charge in [0, 0.05) is 24.0 Å². The van der Waals surface area contributed by atoms with E-state index in [1.165, 1.54) is 31.7 Å². The number of anilines is 2. The second kappa shape index (κ2) is 4.93. The van der Waals surface area contributed by atoms with Crippen molar-refractivity contribution in [2.45, 2.75) is 43.0 Å². The molecule has 0 spiro atoms. The molecule has 6 heteroatoms. The molecule has 5 nitrogen and oxygen atoms in total. The third kappa shape index (κ3) is 2.50. The van der Waals surface area contributed by atoms with Crippen LogP contribution in [-0.2, 0) is 10.0 Å². The monoisotopic (exact) mass is 295 g/mol. The first-order chi connectivity index (χ1) is 9.45. The van der Waals surface area contributed by atoms with Crippen LogP contribution in [0.4, 0.5) is 11.4 Å².